The summed E-state index contributed by atoms with van der Waals surface area (Å²) in [5.74, 6) is -0.264. The number of anilines is 1. The van der Waals surface area contributed by atoms with E-state index in [9.17, 15) is 14.4 Å². The number of amides is 2. The summed E-state index contributed by atoms with van der Waals surface area (Å²) >= 11 is 0. The van der Waals surface area contributed by atoms with Gasteiger partial charge in [0.1, 0.15) is 16.9 Å². The van der Waals surface area contributed by atoms with Gasteiger partial charge in [-0.25, -0.2) is 4.79 Å². The summed E-state index contributed by atoms with van der Waals surface area (Å²) in [6, 6.07) is 10.4. The van der Waals surface area contributed by atoms with E-state index < -0.39 is 17.4 Å². The van der Waals surface area contributed by atoms with E-state index in [0.717, 1.165) is 42.4 Å². The average molecular weight is 461 g/mol. The summed E-state index contributed by atoms with van der Waals surface area (Å²) in [6.07, 6.45) is 7.52. The van der Waals surface area contributed by atoms with Crippen molar-refractivity contribution in [3.63, 3.8) is 0 Å². The zero-order valence-electron chi connectivity index (χ0n) is 19.2. The molecule has 0 atom stereocenters. The molecule has 0 radical (unpaired) electrons. The van der Waals surface area contributed by atoms with E-state index in [4.69, 9.17) is 14.9 Å². The Morgan fingerprint density at radius 3 is 2.62 bits per heavy atom. The van der Waals surface area contributed by atoms with Crippen molar-refractivity contribution in [1.29, 1.82) is 0 Å². The van der Waals surface area contributed by atoms with E-state index in [1.54, 1.807) is 18.2 Å². The molecule has 7 nitrogen and oxygen atoms in total. The second-order valence-corrected chi connectivity index (χ2v) is 9.43. The zero-order chi connectivity index (χ0) is 23.9. The van der Waals surface area contributed by atoms with Crippen LogP contribution in [0.4, 0.5) is 5.69 Å². The number of nitrogens with one attached hydrogen (secondary N) is 1. The van der Waals surface area contributed by atoms with E-state index in [-0.39, 0.29) is 17.6 Å². The number of carbonyl (C=O) groups excluding carboxylic acids is 2. The molecule has 176 valence electrons. The first kappa shape index (κ1) is 22.2. The van der Waals surface area contributed by atoms with Crippen molar-refractivity contribution in [2.75, 3.05) is 5.32 Å². The minimum Gasteiger partial charge on any atom is -0.487 e. The van der Waals surface area contributed by atoms with Gasteiger partial charge in [-0.1, -0.05) is 18.6 Å². The Hall–Kier alpha value is -3.61. The molecule has 2 heterocycles. The Labute approximate surface area is 197 Å². The Morgan fingerprint density at radius 1 is 1.09 bits per heavy atom. The number of ether oxygens (including phenoxy) is 1. The van der Waals surface area contributed by atoms with Crippen molar-refractivity contribution >= 4 is 28.5 Å². The van der Waals surface area contributed by atoms with Gasteiger partial charge in [0.2, 0.25) is 5.91 Å². The SMILES string of the molecule is Cc1c(CC(=O)Nc2ccccc2C(N)=O)c(=O)oc2cc3c(cc12)CCC1(CCCCC1)O3. The smallest absolute Gasteiger partial charge is 0.340 e. The Bertz CT molecular complexity index is 1350. The number of aryl methyl sites for hydroxylation is 2. The quantitative estimate of drug-likeness (QED) is 0.560. The van der Waals surface area contributed by atoms with Crippen molar-refractivity contribution in [1.82, 2.24) is 0 Å². The van der Waals surface area contributed by atoms with E-state index in [2.05, 4.69) is 5.32 Å². The minimum atomic E-state index is -0.640. The van der Waals surface area contributed by atoms with Crippen LogP contribution in [0.15, 0.2) is 45.6 Å². The van der Waals surface area contributed by atoms with Crippen molar-refractivity contribution < 1.29 is 18.7 Å². The highest BCUT2D eigenvalue weighted by Crippen LogP contribution is 2.43. The van der Waals surface area contributed by atoms with Gasteiger partial charge >= 0.3 is 5.63 Å². The van der Waals surface area contributed by atoms with Crippen LogP contribution in [0.5, 0.6) is 5.75 Å². The largest absolute Gasteiger partial charge is 0.487 e. The normalized spacial score (nSPS) is 16.6. The third-order valence-electron chi connectivity index (χ3n) is 7.21. The first-order valence-electron chi connectivity index (χ1n) is 11.8. The maximum Gasteiger partial charge on any atom is 0.340 e. The molecule has 0 bridgehead atoms. The van der Waals surface area contributed by atoms with Crippen LogP contribution in [0.2, 0.25) is 0 Å². The van der Waals surface area contributed by atoms with Crippen LogP contribution >= 0.6 is 0 Å². The van der Waals surface area contributed by atoms with Crippen LogP contribution in [0, 0.1) is 6.92 Å². The third-order valence-corrected chi connectivity index (χ3v) is 7.21. The lowest BCUT2D eigenvalue weighted by atomic mass is 9.79. The number of benzene rings is 2. The maximum atomic E-state index is 12.8. The van der Waals surface area contributed by atoms with Crippen molar-refractivity contribution in [3.05, 3.63) is 69.1 Å². The average Bonchev–Trinajstić information content (AvgIpc) is 2.81. The van der Waals surface area contributed by atoms with Crippen LogP contribution in [0.1, 0.15) is 65.6 Å². The molecule has 1 saturated carbocycles. The van der Waals surface area contributed by atoms with Gasteiger partial charge in [0, 0.05) is 11.5 Å². The van der Waals surface area contributed by atoms with E-state index in [0.29, 0.717) is 22.4 Å². The van der Waals surface area contributed by atoms with E-state index in [1.807, 2.05) is 19.1 Å². The first-order chi connectivity index (χ1) is 16.3. The van der Waals surface area contributed by atoms with Gasteiger partial charge in [0.25, 0.3) is 5.91 Å². The second kappa shape index (κ2) is 8.63. The molecular weight excluding hydrogens is 432 g/mol. The fraction of sp³-hybridized carbons (Fsp3) is 0.370. The summed E-state index contributed by atoms with van der Waals surface area (Å²) in [5.41, 5.74) is 7.85. The number of carbonyl (C=O) groups is 2. The Balaban J connectivity index is 1.43. The van der Waals surface area contributed by atoms with Crippen molar-refractivity contribution in [2.45, 2.75) is 63.9 Å². The molecule has 0 saturated heterocycles. The molecule has 1 aliphatic heterocycles. The van der Waals surface area contributed by atoms with Gasteiger partial charge in [-0.3, -0.25) is 9.59 Å². The first-order valence-corrected chi connectivity index (χ1v) is 11.8. The Kier molecular flexibility index (Phi) is 5.63. The number of hydrogen-bond acceptors (Lipinski definition) is 5. The Morgan fingerprint density at radius 2 is 1.85 bits per heavy atom. The summed E-state index contributed by atoms with van der Waals surface area (Å²) in [4.78, 5) is 37.2. The molecule has 1 aromatic heterocycles. The monoisotopic (exact) mass is 460 g/mol. The van der Waals surface area contributed by atoms with Gasteiger partial charge in [-0.05, 0) is 74.8 Å². The van der Waals surface area contributed by atoms with Crippen molar-refractivity contribution in [2.24, 2.45) is 5.73 Å². The molecule has 2 aromatic carbocycles. The highest BCUT2D eigenvalue weighted by molar-refractivity contribution is 6.03. The topological polar surface area (TPSA) is 112 Å². The van der Waals surface area contributed by atoms with Crippen LogP contribution in [0.3, 0.4) is 0 Å². The second-order valence-electron chi connectivity index (χ2n) is 9.43. The molecule has 5 rings (SSSR count). The van der Waals surface area contributed by atoms with E-state index >= 15 is 0 Å². The molecule has 7 heteroatoms. The molecule has 0 unspecified atom stereocenters. The van der Waals surface area contributed by atoms with Crippen LogP contribution < -0.4 is 21.4 Å². The highest BCUT2D eigenvalue weighted by atomic mass is 16.5. The molecule has 1 spiro atoms. The molecule has 3 aromatic rings. The maximum absolute atomic E-state index is 12.8. The number of para-hydroxylation sites is 1. The number of rotatable bonds is 4. The standard InChI is InChI=1S/C27H28N2O5/c1-16-19-13-17-9-12-27(10-5-2-6-11-27)34-22(17)15-23(19)33-26(32)20(16)14-24(30)29-21-8-4-3-7-18(21)25(28)31/h3-4,7-8,13,15H,2,5-6,9-12,14H2,1H3,(H2,28,31)(H,29,30). The summed E-state index contributed by atoms with van der Waals surface area (Å²) < 4.78 is 12.1. The third kappa shape index (κ3) is 4.06. The summed E-state index contributed by atoms with van der Waals surface area (Å²) in [6.45, 7) is 1.83. The number of nitrogens with two attached hydrogens (primary N) is 1. The van der Waals surface area contributed by atoms with Gasteiger partial charge in [0.15, 0.2) is 0 Å². The predicted octanol–water partition coefficient (Wildman–Crippen LogP) is 4.41. The number of primary amides is 1. The van der Waals surface area contributed by atoms with Crippen LogP contribution in [-0.2, 0) is 17.6 Å². The van der Waals surface area contributed by atoms with Crippen LogP contribution in [-0.4, -0.2) is 17.4 Å². The van der Waals surface area contributed by atoms with Gasteiger partial charge in [0.05, 0.1) is 23.2 Å². The van der Waals surface area contributed by atoms with Crippen LogP contribution in [0.25, 0.3) is 11.0 Å². The summed E-state index contributed by atoms with van der Waals surface area (Å²) in [7, 11) is 0. The fourth-order valence-corrected chi connectivity index (χ4v) is 5.31. The van der Waals surface area contributed by atoms with Gasteiger partial charge < -0.3 is 20.2 Å². The molecule has 2 aliphatic rings. The lowest BCUT2D eigenvalue weighted by Crippen LogP contribution is -2.41. The molecule has 3 N–H and O–H groups in total. The molecule has 1 fully saturated rings. The minimum absolute atomic E-state index is 0.0898. The fourth-order valence-electron chi connectivity index (χ4n) is 5.31. The van der Waals surface area contributed by atoms with Gasteiger partial charge in [-0.2, -0.15) is 0 Å². The highest BCUT2D eigenvalue weighted by Gasteiger charge is 2.37. The molecule has 34 heavy (non-hydrogen) atoms. The lowest BCUT2D eigenvalue weighted by molar-refractivity contribution is -0.115. The number of fused-ring (bicyclic) bond motifs is 2. The molecular formula is C27H28N2O5. The zero-order valence-corrected chi connectivity index (χ0v) is 19.2. The van der Waals surface area contributed by atoms with E-state index in [1.165, 1.54) is 25.3 Å². The van der Waals surface area contributed by atoms with Gasteiger partial charge in [-0.15, -0.1) is 0 Å². The molecule has 2 amide bonds. The molecule has 1 aliphatic carbocycles. The summed E-state index contributed by atoms with van der Waals surface area (Å²) in [5, 5.41) is 3.49. The predicted molar refractivity (Wildman–Crippen MR) is 129 cm³/mol. The number of hydrogen-bond donors (Lipinski definition) is 2. The van der Waals surface area contributed by atoms with Crippen molar-refractivity contribution in [3.8, 4) is 5.75 Å². The lowest BCUT2D eigenvalue weighted by Gasteiger charge is -2.41.